The van der Waals surface area contributed by atoms with Crippen LogP contribution in [-0.4, -0.2) is 25.5 Å². The number of halogens is 6. The average molecular weight is 490 g/mol. The van der Waals surface area contributed by atoms with Gasteiger partial charge < -0.3 is 5.32 Å². The van der Waals surface area contributed by atoms with Crippen molar-refractivity contribution in [1.82, 2.24) is 19.6 Å². The van der Waals surface area contributed by atoms with Crippen molar-refractivity contribution in [1.29, 1.82) is 0 Å². The number of rotatable bonds is 7. The van der Waals surface area contributed by atoms with Crippen molar-refractivity contribution >= 4 is 34.9 Å². The Hall–Kier alpha value is -2.59. The van der Waals surface area contributed by atoms with Gasteiger partial charge in [0.1, 0.15) is 5.82 Å². The number of amides is 1. The summed E-state index contributed by atoms with van der Waals surface area (Å²) in [6.07, 6.45) is -1.77. The van der Waals surface area contributed by atoms with Gasteiger partial charge in [-0.3, -0.25) is 14.2 Å². The Balaban J connectivity index is 1.39. The summed E-state index contributed by atoms with van der Waals surface area (Å²) in [6.45, 7) is 0.0111. The molecule has 0 saturated heterocycles. The van der Waals surface area contributed by atoms with Crippen LogP contribution in [0.15, 0.2) is 30.5 Å². The summed E-state index contributed by atoms with van der Waals surface area (Å²) in [5, 5.41) is 10.2. The second kappa shape index (κ2) is 8.74. The Labute approximate surface area is 190 Å². The van der Waals surface area contributed by atoms with Crippen molar-refractivity contribution in [3.63, 3.8) is 0 Å². The maximum atomic E-state index is 13.9. The molecule has 32 heavy (non-hydrogen) atoms. The first-order valence-electron chi connectivity index (χ1n) is 9.73. The molecule has 0 radical (unpaired) electrons. The third-order valence-electron chi connectivity index (χ3n) is 5.00. The summed E-state index contributed by atoms with van der Waals surface area (Å²) in [6, 6.07) is 5.87. The number of carbonyl (C=O) groups is 1. The van der Waals surface area contributed by atoms with E-state index < -0.39 is 28.6 Å². The molecule has 12 heteroatoms. The van der Waals surface area contributed by atoms with Gasteiger partial charge in [0.15, 0.2) is 11.5 Å². The molecule has 2 aromatic heterocycles. The minimum absolute atomic E-state index is 0.0565. The monoisotopic (exact) mass is 489 g/mol. The lowest BCUT2D eigenvalue weighted by molar-refractivity contribution is -0.141. The highest BCUT2D eigenvalue weighted by Gasteiger charge is 2.42. The molecule has 4 rings (SSSR count). The lowest BCUT2D eigenvalue weighted by Gasteiger charge is -2.07. The summed E-state index contributed by atoms with van der Waals surface area (Å²) in [5.41, 5.74) is -0.552. The number of aryl methyl sites for hydroxylation is 1. The van der Waals surface area contributed by atoms with Gasteiger partial charge in [-0.15, -0.1) is 0 Å². The Kier molecular flexibility index (Phi) is 6.17. The van der Waals surface area contributed by atoms with Crippen molar-refractivity contribution in [3.05, 3.63) is 63.3 Å². The molecule has 0 atom stereocenters. The molecule has 0 unspecified atom stereocenters. The zero-order chi connectivity index (χ0) is 23.0. The van der Waals surface area contributed by atoms with Crippen LogP contribution >= 0.6 is 23.2 Å². The summed E-state index contributed by atoms with van der Waals surface area (Å²) in [5.74, 6) is -0.781. The Morgan fingerprint density at radius 2 is 1.94 bits per heavy atom. The lowest BCUT2D eigenvalue weighted by atomic mass is 10.2. The van der Waals surface area contributed by atoms with Crippen LogP contribution in [0.1, 0.15) is 42.1 Å². The molecule has 1 aliphatic carbocycles. The second-order valence-electron chi connectivity index (χ2n) is 7.44. The molecule has 1 aliphatic rings. The van der Waals surface area contributed by atoms with Gasteiger partial charge in [0.2, 0.25) is 5.91 Å². The van der Waals surface area contributed by atoms with Gasteiger partial charge in [-0.05, 0) is 25.0 Å². The number of hydrogen-bond acceptors (Lipinski definition) is 3. The Morgan fingerprint density at radius 3 is 2.59 bits per heavy atom. The van der Waals surface area contributed by atoms with Crippen molar-refractivity contribution in [2.45, 2.75) is 44.4 Å². The maximum Gasteiger partial charge on any atom is 0.436 e. The molecular formula is C20H17Cl2F4N5O. The second-order valence-corrected chi connectivity index (χ2v) is 8.23. The zero-order valence-corrected chi connectivity index (χ0v) is 18.0. The Bertz CT molecular complexity index is 1130. The highest BCUT2D eigenvalue weighted by atomic mass is 35.5. The zero-order valence-electron chi connectivity index (χ0n) is 16.5. The van der Waals surface area contributed by atoms with E-state index in [2.05, 4.69) is 15.5 Å². The molecule has 1 N–H and O–H groups in total. The van der Waals surface area contributed by atoms with Crippen LogP contribution in [0.2, 0.25) is 10.0 Å². The van der Waals surface area contributed by atoms with Crippen molar-refractivity contribution in [3.8, 4) is 0 Å². The van der Waals surface area contributed by atoms with Gasteiger partial charge >= 0.3 is 6.18 Å². The molecule has 1 fully saturated rings. The van der Waals surface area contributed by atoms with E-state index >= 15 is 0 Å². The first kappa shape index (κ1) is 22.6. The van der Waals surface area contributed by atoms with Crippen LogP contribution in [0.4, 0.5) is 23.4 Å². The third-order valence-corrected chi connectivity index (χ3v) is 5.73. The van der Waals surface area contributed by atoms with Crippen LogP contribution in [0.5, 0.6) is 0 Å². The van der Waals surface area contributed by atoms with Crippen molar-refractivity contribution in [2.24, 2.45) is 0 Å². The fourth-order valence-electron chi connectivity index (χ4n) is 3.33. The molecule has 0 spiro atoms. The van der Waals surface area contributed by atoms with Crippen LogP contribution < -0.4 is 5.32 Å². The van der Waals surface area contributed by atoms with E-state index in [0.717, 1.165) is 12.8 Å². The summed E-state index contributed by atoms with van der Waals surface area (Å²) in [7, 11) is 0. The van der Waals surface area contributed by atoms with Gasteiger partial charge in [0.05, 0.1) is 23.8 Å². The maximum absolute atomic E-state index is 13.9. The van der Waals surface area contributed by atoms with E-state index in [4.69, 9.17) is 23.2 Å². The lowest BCUT2D eigenvalue weighted by Crippen LogP contribution is -2.17. The number of benzene rings is 1. The number of anilines is 1. The molecule has 1 amide bonds. The van der Waals surface area contributed by atoms with E-state index in [1.54, 1.807) is 12.3 Å². The summed E-state index contributed by atoms with van der Waals surface area (Å²) >= 11 is 11.9. The van der Waals surface area contributed by atoms with E-state index in [0.29, 0.717) is 5.69 Å². The molecule has 1 saturated carbocycles. The molecule has 2 heterocycles. The first-order valence-corrected chi connectivity index (χ1v) is 10.5. The molecule has 1 aromatic carbocycles. The normalized spacial score (nSPS) is 14.1. The number of alkyl halides is 3. The highest BCUT2D eigenvalue weighted by molar-refractivity contribution is 6.32. The van der Waals surface area contributed by atoms with Gasteiger partial charge in [0.25, 0.3) is 0 Å². The molecule has 6 nitrogen and oxygen atoms in total. The van der Waals surface area contributed by atoms with Crippen LogP contribution in [0.25, 0.3) is 0 Å². The van der Waals surface area contributed by atoms with Crippen molar-refractivity contribution in [2.75, 3.05) is 5.32 Å². The predicted octanol–water partition coefficient (Wildman–Crippen LogP) is 5.50. The topological polar surface area (TPSA) is 64.7 Å². The number of nitrogens with zero attached hydrogens (tertiary/aromatic N) is 4. The Morgan fingerprint density at radius 1 is 1.19 bits per heavy atom. The number of hydrogen-bond donors (Lipinski definition) is 1. The molecule has 0 aliphatic heterocycles. The summed E-state index contributed by atoms with van der Waals surface area (Å²) < 4.78 is 55.9. The van der Waals surface area contributed by atoms with E-state index in [9.17, 15) is 22.4 Å². The first-order chi connectivity index (χ1) is 15.1. The average Bonchev–Trinajstić information content (AvgIpc) is 3.35. The number of carbonyl (C=O) groups excluding carboxylic acids is 1. The molecule has 0 bridgehead atoms. The minimum Gasteiger partial charge on any atom is -0.309 e. The van der Waals surface area contributed by atoms with Crippen LogP contribution in [-0.2, 0) is 24.1 Å². The van der Waals surface area contributed by atoms with Crippen LogP contribution in [0.3, 0.4) is 0 Å². The minimum atomic E-state index is -4.66. The number of aromatic nitrogens is 4. The molecule has 3 aromatic rings. The number of nitrogens with one attached hydrogen (secondary N) is 1. The van der Waals surface area contributed by atoms with E-state index in [1.165, 1.54) is 27.6 Å². The van der Waals surface area contributed by atoms with E-state index in [1.807, 2.05) is 0 Å². The van der Waals surface area contributed by atoms with Crippen molar-refractivity contribution < 1.29 is 22.4 Å². The standard InChI is InChI=1S/C20H17Cl2F4N5O/c21-13-2-1-3-14(23)12(13)10-30-8-6-15(28-30)27-16(32)7-9-31-18(11-4-5-11)17(22)19(29-31)20(24,25)26/h1-3,6,8,11H,4-5,7,9-10H2,(H,27,28,32). The fourth-order valence-corrected chi connectivity index (χ4v) is 3.95. The summed E-state index contributed by atoms with van der Waals surface area (Å²) in [4.78, 5) is 12.3. The third kappa shape index (κ3) is 4.91. The predicted molar refractivity (Wildman–Crippen MR) is 110 cm³/mol. The largest absolute Gasteiger partial charge is 0.436 e. The van der Waals surface area contributed by atoms with Gasteiger partial charge in [-0.2, -0.15) is 23.4 Å². The highest BCUT2D eigenvalue weighted by Crippen LogP contribution is 2.46. The van der Waals surface area contributed by atoms with E-state index in [-0.39, 0.29) is 41.8 Å². The molecular weight excluding hydrogens is 473 g/mol. The van der Waals surface area contributed by atoms with Gasteiger partial charge in [-0.1, -0.05) is 29.3 Å². The quantitative estimate of drug-likeness (QED) is 0.445. The SMILES string of the molecule is O=C(CCn1nc(C(F)(F)F)c(Cl)c1C1CC1)Nc1ccn(Cc2c(F)cccc2Cl)n1. The molecule has 170 valence electrons. The smallest absolute Gasteiger partial charge is 0.309 e. The fraction of sp³-hybridized carbons (Fsp3) is 0.350. The van der Waals surface area contributed by atoms with Gasteiger partial charge in [-0.25, -0.2) is 4.39 Å². The van der Waals surface area contributed by atoms with Crippen LogP contribution in [0, 0.1) is 5.82 Å². The van der Waals surface area contributed by atoms with Gasteiger partial charge in [0, 0.05) is 35.2 Å².